The Morgan fingerprint density at radius 2 is 1.77 bits per heavy atom. The van der Waals surface area contributed by atoms with Gasteiger partial charge in [-0.25, -0.2) is 13.2 Å². The second-order valence-corrected chi connectivity index (χ2v) is 9.52. The highest BCUT2D eigenvalue weighted by molar-refractivity contribution is 9.10. The van der Waals surface area contributed by atoms with E-state index < -0.39 is 16.0 Å². The number of aromatic carboxylic acids is 1. The van der Waals surface area contributed by atoms with E-state index in [0.29, 0.717) is 5.69 Å². The van der Waals surface area contributed by atoms with Gasteiger partial charge in [-0.15, -0.1) is 0 Å². The second-order valence-electron chi connectivity index (χ2n) is 5.70. The molecule has 0 saturated carbocycles. The third-order valence-electron chi connectivity index (χ3n) is 3.95. The normalized spacial score (nSPS) is 14.9. The molecule has 0 aromatic heterocycles. The number of hydrogen-bond donors (Lipinski definition) is 2. The third-order valence-corrected chi connectivity index (χ3v) is 6.82. The van der Waals surface area contributed by atoms with Crippen molar-refractivity contribution in [1.29, 1.82) is 0 Å². The van der Waals surface area contributed by atoms with Gasteiger partial charge >= 0.3 is 5.97 Å². The third kappa shape index (κ3) is 4.33. The zero-order chi connectivity index (χ0) is 18.7. The Bertz CT molecular complexity index is 911. The van der Waals surface area contributed by atoms with E-state index in [9.17, 15) is 18.3 Å². The van der Waals surface area contributed by atoms with E-state index in [-0.39, 0.29) is 16.1 Å². The number of nitrogens with one attached hydrogen (secondary N) is 1. The van der Waals surface area contributed by atoms with Crippen LogP contribution in [0.3, 0.4) is 0 Å². The van der Waals surface area contributed by atoms with E-state index in [0.717, 1.165) is 29.1 Å². The first-order chi connectivity index (χ1) is 12.4. The molecule has 9 heteroatoms. The van der Waals surface area contributed by atoms with Gasteiger partial charge in [0.2, 0.25) is 0 Å². The molecular formula is C17H17BrN2O4S2. The van der Waals surface area contributed by atoms with Crippen molar-refractivity contribution in [2.75, 3.05) is 34.2 Å². The summed E-state index contributed by atoms with van der Waals surface area (Å²) < 4.78 is 28.2. The topological polar surface area (TPSA) is 86.7 Å². The van der Waals surface area contributed by atoms with Crippen LogP contribution in [0, 0.1) is 0 Å². The number of hydrogen-bond acceptors (Lipinski definition) is 5. The Balaban J connectivity index is 1.89. The van der Waals surface area contributed by atoms with Gasteiger partial charge in [0, 0.05) is 34.8 Å². The first kappa shape index (κ1) is 19.1. The first-order valence-electron chi connectivity index (χ1n) is 7.85. The van der Waals surface area contributed by atoms with Crippen LogP contribution in [0.5, 0.6) is 0 Å². The summed E-state index contributed by atoms with van der Waals surface area (Å²) in [5.74, 6) is 0.802. The largest absolute Gasteiger partial charge is 0.478 e. The van der Waals surface area contributed by atoms with Gasteiger partial charge in [-0.05, 0) is 42.5 Å². The van der Waals surface area contributed by atoms with Gasteiger partial charge in [0.05, 0.1) is 16.1 Å². The van der Waals surface area contributed by atoms with Crippen molar-refractivity contribution in [3.05, 3.63) is 52.5 Å². The number of carboxylic acid groups (broad SMARTS) is 1. The van der Waals surface area contributed by atoms with Gasteiger partial charge in [0.1, 0.15) is 0 Å². The van der Waals surface area contributed by atoms with Crippen molar-refractivity contribution in [2.24, 2.45) is 0 Å². The van der Waals surface area contributed by atoms with Crippen LogP contribution in [0.15, 0.2) is 51.8 Å². The molecule has 1 fully saturated rings. The number of anilines is 2. The molecule has 138 valence electrons. The van der Waals surface area contributed by atoms with Crippen molar-refractivity contribution in [1.82, 2.24) is 0 Å². The van der Waals surface area contributed by atoms with Crippen molar-refractivity contribution in [2.45, 2.75) is 4.90 Å². The van der Waals surface area contributed by atoms with Crippen molar-refractivity contribution in [3.63, 3.8) is 0 Å². The minimum Gasteiger partial charge on any atom is -0.478 e. The summed E-state index contributed by atoms with van der Waals surface area (Å²) in [7, 11) is -3.79. The monoisotopic (exact) mass is 456 g/mol. The molecule has 6 nitrogen and oxygen atoms in total. The Kier molecular flexibility index (Phi) is 5.79. The van der Waals surface area contributed by atoms with Crippen molar-refractivity contribution < 1.29 is 18.3 Å². The predicted molar refractivity (Wildman–Crippen MR) is 108 cm³/mol. The minimum absolute atomic E-state index is 0.0907. The molecule has 2 N–H and O–H groups in total. The first-order valence-corrected chi connectivity index (χ1v) is 11.3. The summed E-state index contributed by atoms with van der Waals surface area (Å²) in [5, 5.41) is 9.55. The number of thioether (sulfide) groups is 1. The molecular weight excluding hydrogens is 440 g/mol. The van der Waals surface area contributed by atoms with E-state index in [1.807, 2.05) is 16.7 Å². The fourth-order valence-corrected chi connectivity index (χ4v) is 4.90. The lowest BCUT2D eigenvalue weighted by Crippen LogP contribution is -2.33. The molecule has 26 heavy (non-hydrogen) atoms. The highest BCUT2D eigenvalue weighted by Gasteiger charge is 2.21. The fourth-order valence-electron chi connectivity index (χ4n) is 2.68. The summed E-state index contributed by atoms with van der Waals surface area (Å²) in [6.07, 6.45) is 0. The van der Waals surface area contributed by atoms with Crippen LogP contribution in [0.2, 0.25) is 0 Å². The molecule has 1 saturated heterocycles. The summed E-state index contributed by atoms with van der Waals surface area (Å²) in [4.78, 5) is 13.8. The number of carbonyl (C=O) groups is 1. The molecule has 0 amide bonds. The smallest absolute Gasteiger partial charge is 0.337 e. The lowest BCUT2D eigenvalue weighted by atomic mass is 10.1. The van der Waals surface area contributed by atoms with E-state index >= 15 is 0 Å². The second kappa shape index (κ2) is 7.89. The van der Waals surface area contributed by atoms with E-state index in [2.05, 4.69) is 20.7 Å². The molecule has 2 aromatic carbocycles. The minimum atomic E-state index is -3.79. The molecule has 0 radical (unpaired) electrons. The van der Waals surface area contributed by atoms with Crippen molar-refractivity contribution >= 4 is 55.1 Å². The fraction of sp³-hybridized carbons (Fsp3) is 0.235. The molecule has 0 spiro atoms. The maximum Gasteiger partial charge on any atom is 0.337 e. The molecule has 1 aliphatic rings. The van der Waals surface area contributed by atoms with Crippen LogP contribution in [-0.2, 0) is 10.0 Å². The Morgan fingerprint density at radius 1 is 1.12 bits per heavy atom. The quantitative estimate of drug-likeness (QED) is 0.715. The van der Waals surface area contributed by atoms with Gasteiger partial charge in [-0.3, -0.25) is 4.72 Å². The van der Waals surface area contributed by atoms with Gasteiger partial charge in [0.25, 0.3) is 10.0 Å². The van der Waals surface area contributed by atoms with Gasteiger partial charge < -0.3 is 10.0 Å². The van der Waals surface area contributed by atoms with Crippen LogP contribution in [0.4, 0.5) is 11.4 Å². The Labute approximate surface area is 164 Å². The maximum atomic E-state index is 12.5. The highest BCUT2D eigenvalue weighted by Crippen LogP contribution is 2.28. The lowest BCUT2D eigenvalue weighted by molar-refractivity contribution is 0.0697. The van der Waals surface area contributed by atoms with Gasteiger partial charge in [0.15, 0.2) is 0 Å². The van der Waals surface area contributed by atoms with E-state index in [4.69, 9.17) is 0 Å². The summed E-state index contributed by atoms with van der Waals surface area (Å²) in [6.45, 7) is 1.55. The number of sulfonamides is 1. The average Bonchev–Trinajstić information content (AvgIpc) is 2.62. The summed E-state index contributed by atoms with van der Waals surface area (Å²) >= 11 is 5.10. The molecule has 1 aliphatic heterocycles. The lowest BCUT2D eigenvalue weighted by Gasteiger charge is -2.29. The molecule has 1 heterocycles. The number of nitrogens with zero attached hydrogens (tertiary/aromatic N) is 1. The van der Waals surface area contributed by atoms with E-state index in [1.54, 1.807) is 24.3 Å². The highest BCUT2D eigenvalue weighted by atomic mass is 79.9. The zero-order valence-corrected chi connectivity index (χ0v) is 16.9. The molecule has 0 unspecified atom stereocenters. The number of halogens is 1. The van der Waals surface area contributed by atoms with Crippen LogP contribution < -0.4 is 9.62 Å². The average molecular weight is 457 g/mol. The molecule has 0 aliphatic carbocycles. The Hall–Kier alpha value is -1.71. The molecule has 0 atom stereocenters. The van der Waals surface area contributed by atoms with Crippen LogP contribution in [-0.4, -0.2) is 44.1 Å². The van der Waals surface area contributed by atoms with Crippen LogP contribution >= 0.6 is 27.7 Å². The maximum absolute atomic E-state index is 12.5. The number of benzene rings is 2. The van der Waals surface area contributed by atoms with Crippen LogP contribution in [0.25, 0.3) is 0 Å². The predicted octanol–water partition coefficient (Wildman–Crippen LogP) is 3.50. The van der Waals surface area contributed by atoms with Crippen LogP contribution in [0.1, 0.15) is 10.4 Å². The summed E-state index contributed by atoms with van der Waals surface area (Å²) in [5.41, 5.74) is 0.928. The Morgan fingerprint density at radius 3 is 2.38 bits per heavy atom. The van der Waals surface area contributed by atoms with Gasteiger partial charge in [-0.1, -0.05) is 15.9 Å². The zero-order valence-electron chi connectivity index (χ0n) is 13.7. The molecule has 0 bridgehead atoms. The van der Waals surface area contributed by atoms with E-state index in [1.165, 1.54) is 18.2 Å². The number of rotatable bonds is 5. The standard InChI is InChI=1S/C17H17BrN2O4S2/c18-12-1-4-14(5-2-12)26(23,24)19-13-3-6-16(15(11-13)17(21)22)20-7-9-25-10-8-20/h1-6,11,19H,7-10H2,(H,21,22). The van der Waals surface area contributed by atoms with Gasteiger partial charge in [-0.2, -0.15) is 11.8 Å². The van der Waals surface area contributed by atoms with Crippen molar-refractivity contribution in [3.8, 4) is 0 Å². The molecule has 2 aromatic rings. The SMILES string of the molecule is O=C(O)c1cc(NS(=O)(=O)c2ccc(Br)cc2)ccc1N1CCSCC1. The number of carboxylic acids is 1. The summed E-state index contributed by atoms with van der Waals surface area (Å²) in [6, 6.07) is 10.9. The molecule has 3 rings (SSSR count).